The van der Waals surface area contributed by atoms with Crippen LogP contribution in [-0.2, 0) is 4.84 Å². The van der Waals surface area contributed by atoms with E-state index in [1.165, 1.54) is 5.01 Å². The summed E-state index contributed by atoms with van der Waals surface area (Å²) in [4.78, 5) is 10.4. The van der Waals surface area contributed by atoms with Gasteiger partial charge < -0.3 is 16.3 Å². The highest BCUT2D eigenvalue weighted by Crippen LogP contribution is 2.38. The largest absolute Gasteiger partial charge is 0.387 e. The predicted molar refractivity (Wildman–Crippen MR) is 103 cm³/mol. The summed E-state index contributed by atoms with van der Waals surface area (Å²) in [5.74, 6) is 0.557. The van der Waals surface area contributed by atoms with E-state index in [1.54, 1.807) is 11.3 Å². The van der Waals surface area contributed by atoms with Crippen molar-refractivity contribution in [3.63, 3.8) is 0 Å². The van der Waals surface area contributed by atoms with Gasteiger partial charge in [0.05, 0.1) is 10.7 Å². The third kappa shape index (κ3) is 3.83. The second-order valence-electron chi connectivity index (χ2n) is 6.07. The molecular formula is C17H20Cl2N4OS. The highest BCUT2D eigenvalue weighted by Gasteiger charge is 2.29. The van der Waals surface area contributed by atoms with Gasteiger partial charge in [-0.1, -0.05) is 34.4 Å². The van der Waals surface area contributed by atoms with Crippen molar-refractivity contribution in [1.29, 1.82) is 0 Å². The number of hydrogen-bond donors (Lipinski definition) is 2. The third-order valence-corrected chi connectivity index (χ3v) is 6.16. The summed E-state index contributed by atoms with van der Waals surface area (Å²) < 4.78 is 0. The average Bonchev–Trinajstić information content (AvgIpc) is 3.25. The molecule has 0 saturated carbocycles. The lowest BCUT2D eigenvalue weighted by Crippen LogP contribution is -2.26. The van der Waals surface area contributed by atoms with E-state index in [0.717, 1.165) is 42.9 Å². The van der Waals surface area contributed by atoms with Gasteiger partial charge in [0.1, 0.15) is 5.71 Å². The first kappa shape index (κ1) is 18.6. The van der Waals surface area contributed by atoms with Crippen molar-refractivity contribution in [1.82, 2.24) is 16.5 Å². The number of thiazole rings is 1. The van der Waals surface area contributed by atoms with Gasteiger partial charge in [0.25, 0.3) is 0 Å². The van der Waals surface area contributed by atoms with E-state index in [0.29, 0.717) is 22.4 Å². The minimum atomic E-state index is -0.245. The van der Waals surface area contributed by atoms with Crippen LogP contribution in [0.5, 0.6) is 0 Å². The number of benzene rings is 1. The fraction of sp³-hybridized carbons (Fsp3) is 0.412. The maximum Gasteiger partial charge on any atom is 0.161 e. The van der Waals surface area contributed by atoms with Crippen LogP contribution in [0.1, 0.15) is 47.5 Å². The van der Waals surface area contributed by atoms with E-state index in [1.807, 2.05) is 18.2 Å². The molecule has 2 aliphatic rings. The van der Waals surface area contributed by atoms with Crippen molar-refractivity contribution in [3.05, 3.63) is 49.9 Å². The quantitative estimate of drug-likeness (QED) is 0.766. The molecule has 1 unspecified atom stereocenters. The second kappa shape index (κ2) is 8.01. The van der Waals surface area contributed by atoms with Gasteiger partial charge in [0.15, 0.2) is 6.10 Å². The molecule has 1 atom stereocenters. The van der Waals surface area contributed by atoms with Crippen molar-refractivity contribution in [2.75, 3.05) is 13.1 Å². The van der Waals surface area contributed by atoms with Gasteiger partial charge in [-0.05, 0) is 38.1 Å². The summed E-state index contributed by atoms with van der Waals surface area (Å²) in [6, 6.07) is 5.47. The number of hydrogen-bond acceptors (Lipinski definition) is 6. The number of oxime groups is 1. The molecule has 4 N–H and O–H groups in total. The number of aromatic nitrogens is 1. The predicted octanol–water partition coefficient (Wildman–Crippen LogP) is 4.94. The van der Waals surface area contributed by atoms with Crippen LogP contribution in [0.3, 0.4) is 0 Å². The average molecular weight is 399 g/mol. The molecule has 3 heterocycles. The Kier molecular flexibility index (Phi) is 5.96. The fourth-order valence-electron chi connectivity index (χ4n) is 3.18. The monoisotopic (exact) mass is 398 g/mol. The summed E-state index contributed by atoms with van der Waals surface area (Å²) in [6.07, 6.45) is 2.69. The van der Waals surface area contributed by atoms with E-state index in [-0.39, 0.29) is 12.3 Å². The number of halogens is 2. The molecule has 5 nitrogen and oxygen atoms in total. The van der Waals surface area contributed by atoms with Gasteiger partial charge in [0, 0.05) is 33.3 Å². The molecule has 134 valence electrons. The Bertz CT molecular complexity index is 754. The van der Waals surface area contributed by atoms with Crippen molar-refractivity contribution < 1.29 is 4.84 Å². The molecule has 1 saturated heterocycles. The van der Waals surface area contributed by atoms with Crippen molar-refractivity contribution in [2.24, 2.45) is 5.16 Å². The Morgan fingerprint density at radius 3 is 2.60 bits per heavy atom. The summed E-state index contributed by atoms with van der Waals surface area (Å²) in [7, 11) is 0. The lowest BCUT2D eigenvalue weighted by atomic mass is 9.99. The van der Waals surface area contributed by atoms with Crippen molar-refractivity contribution >= 4 is 40.3 Å². The van der Waals surface area contributed by atoms with E-state index in [4.69, 9.17) is 33.0 Å². The first-order valence-electron chi connectivity index (χ1n) is 8.05. The summed E-state index contributed by atoms with van der Waals surface area (Å²) in [5.41, 5.74) is 2.58. The smallest absolute Gasteiger partial charge is 0.161 e. The van der Waals surface area contributed by atoms with Gasteiger partial charge in [-0.25, -0.2) is 4.98 Å². The first-order chi connectivity index (χ1) is 11.7. The van der Waals surface area contributed by atoms with Crippen LogP contribution < -0.4 is 11.5 Å². The molecule has 0 radical (unpaired) electrons. The molecule has 0 aliphatic carbocycles. The molecule has 2 aromatic rings. The lowest BCUT2D eigenvalue weighted by Gasteiger charge is -2.20. The zero-order valence-electron chi connectivity index (χ0n) is 13.7. The second-order valence-corrected chi connectivity index (χ2v) is 7.77. The molecule has 0 amide bonds. The maximum absolute atomic E-state index is 6.27. The van der Waals surface area contributed by atoms with Gasteiger partial charge in [0.2, 0.25) is 0 Å². The van der Waals surface area contributed by atoms with Gasteiger partial charge >= 0.3 is 0 Å². The van der Waals surface area contributed by atoms with Gasteiger partial charge in [-0.2, -0.15) is 0 Å². The SMILES string of the molecule is Clc1cccc(Cl)c1C1CC(c2csc(C3CCNCC3)n2)=NO1.N. The minimum Gasteiger partial charge on any atom is -0.387 e. The molecule has 0 bridgehead atoms. The molecule has 25 heavy (non-hydrogen) atoms. The fourth-order valence-corrected chi connectivity index (χ4v) is 4.82. The van der Waals surface area contributed by atoms with E-state index < -0.39 is 0 Å². The first-order valence-corrected chi connectivity index (χ1v) is 9.69. The number of nitrogens with zero attached hydrogens (tertiary/aromatic N) is 2. The standard InChI is InChI=1S/C17H17Cl2N3OS.H3N/c18-11-2-1-3-12(19)16(11)15-8-13(22-23-15)14-9-24-17(21-14)10-4-6-20-7-5-10;/h1-3,9-10,15,20H,4-8H2;1H3. The van der Waals surface area contributed by atoms with Gasteiger partial charge in [-0.3, -0.25) is 0 Å². The molecule has 0 spiro atoms. The summed E-state index contributed by atoms with van der Waals surface area (Å²) >= 11 is 14.3. The Morgan fingerprint density at radius 1 is 1.16 bits per heavy atom. The Labute approximate surface area is 161 Å². The zero-order valence-corrected chi connectivity index (χ0v) is 16.0. The molecule has 2 aliphatic heterocycles. The van der Waals surface area contributed by atoms with E-state index in [9.17, 15) is 0 Å². The van der Waals surface area contributed by atoms with Crippen LogP contribution in [0.2, 0.25) is 10.0 Å². The minimum absolute atomic E-state index is 0. The van der Waals surface area contributed by atoms with Crippen LogP contribution in [0.4, 0.5) is 0 Å². The van der Waals surface area contributed by atoms with Crippen LogP contribution in [0.15, 0.2) is 28.7 Å². The molecule has 1 fully saturated rings. The number of piperidine rings is 1. The van der Waals surface area contributed by atoms with Crippen molar-refractivity contribution in [2.45, 2.75) is 31.3 Å². The molecule has 4 rings (SSSR count). The molecular weight excluding hydrogens is 379 g/mol. The van der Waals surface area contributed by atoms with E-state index in [2.05, 4.69) is 15.9 Å². The Morgan fingerprint density at radius 2 is 1.88 bits per heavy atom. The Hall–Kier alpha value is -1.18. The molecule has 1 aromatic heterocycles. The van der Waals surface area contributed by atoms with Crippen LogP contribution in [-0.4, -0.2) is 23.8 Å². The van der Waals surface area contributed by atoms with Crippen LogP contribution >= 0.6 is 34.5 Å². The summed E-state index contributed by atoms with van der Waals surface area (Å²) in [5, 5.41) is 12.1. The van der Waals surface area contributed by atoms with E-state index >= 15 is 0 Å². The van der Waals surface area contributed by atoms with Crippen molar-refractivity contribution in [3.8, 4) is 0 Å². The summed E-state index contributed by atoms with van der Waals surface area (Å²) in [6.45, 7) is 2.13. The maximum atomic E-state index is 6.27. The highest BCUT2D eigenvalue weighted by atomic mass is 35.5. The van der Waals surface area contributed by atoms with Crippen LogP contribution in [0.25, 0.3) is 0 Å². The molecule has 8 heteroatoms. The molecule has 1 aromatic carbocycles. The Balaban J connectivity index is 0.00000182. The topological polar surface area (TPSA) is 81.5 Å². The lowest BCUT2D eigenvalue weighted by molar-refractivity contribution is 0.0859. The zero-order chi connectivity index (χ0) is 16.5. The van der Waals surface area contributed by atoms with Crippen LogP contribution in [0, 0.1) is 0 Å². The number of rotatable bonds is 3. The normalized spacial score (nSPS) is 20.7. The van der Waals surface area contributed by atoms with Gasteiger partial charge in [-0.15, -0.1) is 11.3 Å². The number of nitrogens with one attached hydrogen (secondary N) is 1. The highest BCUT2D eigenvalue weighted by molar-refractivity contribution is 7.10. The third-order valence-electron chi connectivity index (χ3n) is 4.50.